The van der Waals surface area contributed by atoms with Crippen molar-refractivity contribution in [3.8, 4) is 16.9 Å². The second-order valence-corrected chi connectivity index (χ2v) is 12.1. The SMILES string of the molecule is Cc1c([C@H](OC(C)(C)C)C(=O)O)c(-c2ccc3c4c(ccnc24)CCO3)c2ccc(=O)[nH]c2c1Cc1cncc(C(F)(F)F)c1. The van der Waals surface area contributed by atoms with Gasteiger partial charge < -0.3 is 19.6 Å². The van der Waals surface area contributed by atoms with Crippen LogP contribution in [-0.4, -0.2) is 38.2 Å². The van der Waals surface area contributed by atoms with Gasteiger partial charge in [0.25, 0.3) is 0 Å². The fourth-order valence-electron chi connectivity index (χ4n) is 6.08. The Morgan fingerprint density at radius 2 is 1.91 bits per heavy atom. The summed E-state index contributed by atoms with van der Waals surface area (Å²) in [5, 5.41) is 11.9. The number of nitrogens with one attached hydrogen (secondary N) is 1. The molecule has 0 radical (unpaired) electrons. The summed E-state index contributed by atoms with van der Waals surface area (Å²) in [4.78, 5) is 37.1. The molecule has 2 N–H and O–H groups in total. The fraction of sp³-hybridized carbons (Fsp3) is 0.294. The van der Waals surface area contributed by atoms with Gasteiger partial charge in [-0.05, 0) is 85.8 Å². The number of carbonyl (C=O) groups is 1. The number of aromatic amines is 1. The van der Waals surface area contributed by atoms with Crippen LogP contribution in [0.15, 0.2) is 59.8 Å². The number of ether oxygens (including phenoxy) is 2. The van der Waals surface area contributed by atoms with Gasteiger partial charge in [0, 0.05) is 59.4 Å². The number of hydrogen-bond acceptors (Lipinski definition) is 6. The molecule has 0 saturated carbocycles. The van der Waals surface area contributed by atoms with E-state index in [2.05, 4.69) is 9.97 Å². The summed E-state index contributed by atoms with van der Waals surface area (Å²) in [6.07, 6.45) is -1.71. The van der Waals surface area contributed by atoms with Crippen LogP contribution in [0.3, 0.4) is 0 Å². The second kappa shape index (κ2) is 11.0. The Kier molecular flexibility index (Phi) is 7.39. The van der Waals surface area contributed by atoms with Gasteiger partial charge in [-0.3, -0.25) is 14.8 Å². The number of carboxylic acid groups (broad SMARTS) is 1. The average Bonchev–Trinajstić information content (AvgIpc) is 2.97. The molecule has 1 atom stereocenters. The van der Waals surface area contributed by atoms with Crippen LogP contribution in [-0.2, 0) is 28.5 Å². The molecule has 232 valence electrons. The van der Waals surface area contributed by atoms with Crippen molar-refractivity contribution in [3.05, 3.63) is 98.7 Å². The number of aromatic nitrogens is 3. The molecule has 8 nitrogen and oxygen atoms in total. The first-order valence-corrected chi connectivity index (χ1v) is 14.4. The molecule has 3 aromatic heterocycles. The van der Waals surface area contributed by atoms with Crippen LogP contribution in [0.25, 0.3) is 32.9 Å². The lowest BCUT2D eigenvalue weighted by Gasteiger charge is -2.30. The van der Waals surface area contributed by atoms with Crippen LogP contribution >= 0.6 is 0 Å². The van der Waals surface area contributed by atoms with Gasteiger partial charge in [-0.2, -0.15) is 13.2 Å². The summed E-state index contributed by atoms with van der Waals surface area (Å²) in [6.45, 7) is 7.44. The molecule has 1 aliphatic heterocycles. The zero-order valence-corrected chi connectivity index (χ0v) is 25.0. The van der Waals surface area contributed by atoms with E-state index in [4.69, 9.17) is 14.5 Å². The monoisotopic (exact) mass is 617 g/mol. The highest BCUT2D eigenvalue weighted by Gasteiger charge is 2.35. The number of rotatable bonds is 6. The maximum Gasteiger partial charge on any atom is 0.417 e. The highest BCUT2D eigenvalue weighted by atomic mass is 19.4. The molecular weight excluding hydrogens is 587 g/mol. The van der Waals surface area contributed by atoms with E-state index in [9.17, 15) is 27.9 Å². The molecule has 11 heteroatoms. The molecule has 0 unspecified atom stereocenters. The van der Waals surface area contributed by atoms with E-state index in [0.29, 0.717) is 63.0 Å². The number of benzene rings is 2. The molecule has 0 saturated heterocycles. The highest BCUT2D eigenvalue weighted by molar-refractivity contribution is 6.09. The maximum absolute atomic E-state index is 13.6. The molecule has 5 aromatic rings. The van der Waals surface area contributed by atoms with Gasteiger partial charge in [0.2, 0.25) is 5.56 Å². The predicted molar refractivity (Wildman–Crippen MR) is 163 cm³/mol. The Balaban J connectivity index is 1.73. The first-order chi connectivity index (χ1) is 21.2. The molecule has 4 heterocycles. The number of pyridine rings is 3. The number of aliphatic carboxylic acids is 1. The minimum atomic E-state index is -4.61. The van der Waals surface area contributed by atoms with Crippen LogP contribution in [0, 0.1) is 6.92 Å². The molecule has 0 aliphatic carbocycles. The van der Waals surface area contributed by atoms with Crippen molar-refractivity contribution < 1.29 is 32.5 Å². The highest BCUT2D eigenvalue weighted by Crippen LogP contribution is 2.46. The van der Waals surface area contributed by atoms with E-state index in [-0.39, 0.29) is 12.0 Å². The number of nitrogens with zero attached hydrogens (tertiary/aromatic N) is 2. The van der Waals surface area contributed by atoms with Crippen molar-refractivity contribution in [1.29, 1.82) is 0 Å². The van der Waals surface area contributed by atoms with Crippen molar-refractivity contribution in [2.75, 3.05) is 6.61 Å². The van der Waals surface area contributed by atoms with Crippen LogP contribution in [0.5, 0.6) is 5.75 Å². The van der Waals surface area contributed by atoms with Gasteiger partial charge >= 0.3 is 12.1 Å². The minimum absolute atomic E-state index is 0.0652. The van der Waals surface area contributed by atoms with Crippen LogP contribution < -0.4 is 10.3 Å². The molecule has 0 spiro atoms. The Labute approximate surface area is 255 Å². The zero-order valence-electron chi connectivity index (χ0n) is 25.0. The van der Waals surface area contributed by atoms with Crippen molar-refractivity contribution >= 4 is 27.8 Å². The van der Waals surface area contributed by atoms with Crippen LogP contribution in [0.4, 0.5) is 13.2 Å². The molecule has 1 aliphatic rings. The third kappa shape index (κ3) is 5.64. The quantitative estimate of drug-likeness (QED) is 0.212. The van der Waals surface area contributed by atoms with E-state index in [1.54, 1.807) is 40.0 Å². The van der Waals surface area contributed by atoms with E-state index < -0.39 is 35.0 Å². The van der Waals surface area contributed by atoms with E-state index in [1.165, 1.54) is 12.3 Å². The van der Waals surface area contributed by atoms with Gasteiger partial charge in [-0.15, -0.1) is 0 Å². The summed E-state index contributed by atoms with van der Waals surface area (Å²) in [6, 6.07) is 9.50. The summed E-state index contributed by atoms with van der Waals surface area (Å²) >= 11 is 0. The number of carboxylic acids is 1. The Bertz CT molecular complexity index is 2040. The molecule has 0 bridgehead atoms. The molecule has 0 fully saturated rings. The van der Waals surface area contributed by atoms with Gasteiger partial charge in [-0.1, -0.05) is 0 Å². The fourth-order valence-corrected chi connectivity index (χ4v) is 6.08. The Morgan fingerprint density at radius 3 is 2.62 bits per heavy atom. The van der Waals surface area contributed by atoms with Crippen molar-refractivity contribution in [2.24, 2.45) is 0 Å². The van der Waals surface area contributed by atoms with E-state index in [1.807, 2.05) is 18.2 Å². The minimum Gasteiger partial charge on any atom is -0.493 e. The number of hydrogen-bond donors (Lipinski definition) is 2. The average molecular weight is 618 g/mol. The largest absolute Gasteiger partial charge is 0.493 e. The Morgan fingerprint density at radius 1 is 1.13 bits per heavy atom. The van der Waals surface area contributed by atoms with Crippen molar-refractivity contribution in [2.45, 2.75) is 58.4 Å². The zero-order chi connectivity index (χ0) is 32.3. The molecule has 0 amide bonds. The Hall–Kier alpha value is -4.77. The summed E-state index contributed by atoms with van der Waals surface area (Å²) in [7, 11) is 0. The smallest absolute Gasteiger partial charge is 0.417 e. The lowest BCUT2D eigenvalue weighted by Crippen LogP contribution is -2.28. The van der Waals surface area contributed by atoms with Gasteiger partial charge in [0.15, 0.2) is 6.10 Å². The number of alkyl halides is 3. The normalized spacial score (nSPS) is 14.0. The first kappa shape index (κ1) is 30.3. The topological polar surface area (TPSA) is 114 Å². The van der Waals surface area contributed by atoms with E-state index >= 15 is 0 Å². The number of H-pyrrole nitrogens is 1. The summed E-state index contributed by atoms with van der Waals surface area (Å²) in [5.74, 6) is -0.586. The molecular formula is C34H30F3N3O5. The molecule has 45 heavy (non-hydrogen) atoms. The van der Waals surface area contributed by atoms with Gasteiger partial charge in [0.05, 0.1) is 28.8 Å². The number of halogens is 3. The lowest BCUT2D eigenvalue weighted by molar-refractivity contribution is -0.160. The lowest BCUT2D eigenvalue weighted by atomic mass is 9.83. The maximum atomic E-state index is 13.6. The van der Waals surface area contributed by atoms with Crippen molar-refractivity contribution in [1.82, 2.24) is 15.0 Å². The van der Waals surface area contributed by atoms with Crippen molar-refractivity contribution in [3.63, 3.8) is 0 Å². The molecule has 6 rings (SSSR count). The molecule has 2 aromatic carbocycles. The summed E-state index contributed by atoms with van der Waals surface area (Å²) in [5.41, 5.74) is 2.31. The standard InChI is InChI=1S/C34H30F3N3O5/c1-17-23(14-18-13-20(16-38-15-18)34(35,36)37)29-21(6-8-25(41)40-29)28(26(17)31(32(42)43)45-33(2,3)4)22-5-7-24-27-19(10-12-44-24)9-11-39-30(22)27/h5-9,11,13,15-16,31H,10,12,14H2,1-4H3,(H,40,41)(H,42,43)/t31-/m0/s1. The number of fused-ring (bicyclic) bond motifs is 1. The van der Waals surface area contributed by atoms with E-state index in [0.717, 1.165) is 23.2 Å². The summed E-state index contributed by atoms with van der Waals surface area (Å²) < 4.78 is 52.8. The first-order valence-electron chi connectivity index (χ1n) is 14.4. The third-order valence-corrected chi connectivity index (χ3v) is 7.92. The third-order valence-electron chi connectivity index (χ3n) is 7.92. The van der Waals surface area contributed by atoms with Gasteiger partial charge in [0.1, 0.15) is 5.75 Å². The predicted octanol–water partition coefficient (Wildman–Crippen LogP) is 6.93. The van der Waals surface area contributed by atoms with Crippen LogP contribution in [0.2, 0.25) is 0 Å². The second-order valence-electron chi connectivity index (χ2n) is 12.1. The van der Waals surface area contributed by atoms with Gasteiger partial charge in [-0.25, -0.2) is 4.79 Å². The van der Waals surface area contributed by atoms with Crippen LogP contribution in [0.1, 0.15) is 60.3 Å².